The van der Waals surface area contributed by atoms with Crippen molar-refractivity contribution in [3.05, 3.63) is 0 Å². The maximum absolute atomic E-state index is 9.26. The van der Waals surface area contributed by atoms with Crippen LogP contribution in [0.2, 0.25) is 18.1 Å². The lowest BCUT2D eigenvalue weighted by Gasteiger charge is -2.36. The van der Waals surface area contributed by atoms with Gasteiger partial charge in [-0.15, -0.1) is 0 Å². The molecule has 3 N–H and O–H groups in total. The number of hydrogen-bond donors (Lipinski definition) is 2. The van der Waals surface area contributed by atoms with E-state index in [-0.39, 0.29) is 11.6 Å². The van der Waals surface area contributed by atoms with Gasteiger partial charge in [0.25, 0.3) is 0 Å². The zero-order valence-corrected chi connectivity index (χ0v) is 10.4. The van der Waals surface area contributed by atoms with Gasteiger partial charge in [-0.2, -0.15) is 0 Å². The van der Waals surface area contributed by atoms with Crippen LogP contribution in [0, 0.1) is 0 Å². The van der Waals surface area contributed by atoms with E-state index in [1.54, 1.807) is 0 Å². The molecule has 0 spiro atoms. The Hall–Kier alpha value is 0.0969. The van der Waals surface area contributed by atoms with Gasteiger partial charge >= 0.3 is 0 Å². The van der Waals surface area contributed by atoms with Crippen LogP contribution >= 0.6 is 0 Å². The predicted molar refractivity (Wildman–Crippen MR) is 58.2 cm³/mol. The minimum Gasteiger partial charge on any atom is -0.414 e. The molecule has 0 radical (unpaired) electrons. The van der Waals surface area contributed by atoms with Crippen molar-refractivity contribution in [3.63, 3.8) is 0 Å². The molecular formula is C9H23NO2Si. The van der Waals surface area contributed by atoms with Crippen molar-refractivity contribution in [2.45, 2.75) is 45.0 Å². The fraction of sp³-hybridized carbons (Fsp3) is 1.00. The fourth-order valence-electron chi connectivity index (χ4n) is 0.589. The Bertz CT molecular complexity index is 154. The highest BCUT2D eigenvalue weighted by Gasteiger charge is 2.37. The first-order valence-electron chi connectivity index (χ1n) is 4.73. The summed E-state index contributed by atoms with van der Waals surface area (Å²) >= 11 is 0. The monoisotopic (exact) mass is 205 g/mol. The van der Waals surface area contributed by atoms with Crippen LogP contribution in [0.25, 0.3) is 0 Å². The molecule has 4 heteroatoms. The highest BCUT2D eigenvalue weighted by atomic mass is 28.4. The summed E-state index contributed by atoms with van der Waals surface area (Å²) in [4.78, 5) is 0. The second kappa shape index (κ2) is 4.55. The molecule has 0 aromatic heterocycles. The number of rotatable bonds is 4. The van der Waals surface area contributed by atoms with Crippen molar-refractivity contribution in [2.75, 3.05) is 13.2 Å². The third-order valence-corrected chi connectivity index (χ3v) is 7.22. The molecule has 80 valence electrons. The SMILES string of the molecule is CC(C)(C)[Si](C)(C)OC[C@@H](O)CN. The van der Waals surface area contributed by atoms with Crippen LogP contribution in [0.1, 0.15) is 20.8 Å². The summed E-state index contributed by atoms with van der Waals surface area (Å²) < 4.78 is 5.76. The van der Waals surface area contributed by atoms with Crippen LogP contribution in [0.3, 0.4) is 0 Å². The standard InChI is InChI=1S/C9H23NO2Si/c1-9(2,3)13(4,5)12-7-8(11)6-10/h8,11H,6-7,10H2,1-5H3/t8-/m0/s1. The predicted octanol–water partition coefficient (Wildman–Crippen LogP) is 1.33. The van der Waals surface area contributed by atoms with Crippen molar-refractivity contribution < 1.29 is 9.53 Å². The number of nitrogens with two attached hydrogens (primary N) is 1. The van der Waals surface area contributed by atoms with Crippen LogP contribution in [-0.2, 0) is 4.43 Å². The van der Waals surface area contributed by atoms with E-state index in [0.717, 1.165) is 0 Å². The van der Waals surface area contributed by atoms with Crippen LogP contribution in [0.15, 0.2) is 0 Å². The molecule has 0 aliphatic carbocycles. The van der Waals surface area contributed by atoms with Gasteiger partial charge in [0.15, 0.2) is 8.32 Å². The number of aliphatic hydroxyl groups excluding tert-OH is 1. The summed E-state index contributed by atoms with van der Waals surface area (Å²) in [5, 5.41) is 9.45. The highest BCUT2D eigenvalue weighted by Crippen LogP contribution is 2.36. The third-order valence-electron chi connectivity index (χ3n) is 2.71. The van der Waals surface area contributed by atoms with Gasteiger partial charge in [0.05, 0.1) is 12.7 Å². The average Bonchev–Trinajstić information content (AvgIpc) is 1.98. The van der Waals surface area contributed by atoms with Gasteiger partial charge in [-0.1, -0.05) is 20.8 Å². The Morgan fingerprint density at radius 1 is 1.38 bits per heavy atom. The van der Waals surface area contributed by atoms with E-state index in [1.165, 1.54) is 0 Å². The Kier molecular flexibility index (Phi) is 4.58. The molecule has 0 bridgehead atoms. The summed E-state index contributed by atoms with van der Waals surface area (Å²) in [7, 11) is -1.70. The largest absolute Gasteiger partial charge is 0.414 e. The van der Waals surface area contributed by atoms with Crippen molar-refractivity contribution in [3.8, 4) is 0 Å². The summed E-state index contributed by atoms with van der Waals surface area (Å²) in [5.74, 6) is 0. The molecule has 0 saturated carbocycles. The molecule has 3 nitrogen and oxygen atoms in total. The summed E-state index contributed by atoms with van der Waals surface area (Å²) in [6.45, 7) is 11.5. The second-order valence-corrected chi connectivity index (χ2v) is 9.77. The first-order valence-corrected chi connectivity index (χ1v) is 7.63. The Morgan fingerprint density at radius 2 is 1.85 bits per heavy atom. The molecule has 1 atom stereocenters. The Labute approximate surface area is 82.4 Å². The molecule has 0 aromatic rings. The highest BCUT2D eigenvalue weighted by molar-refractivity contribution is 6.74. The normalized spacial score (nSPS) is 15.9. The molecule has 0 aromatic carbocycles. The molecule has 0 aliphatic rings. The second-order valence-electron chi connectivity index (χ2n) is 4.96. The van der Waals surface area contributed by atoms with Crippen molar-refractivity contribution in [2.24, 2.45) is 5.73 Å². The van der Waals surface area contributed by atoms with E-state index in [1.807, 2.05) is 0 Å². The van der Waals surface area contributed by atoms with Crippen LogP contribution in [0.4, 0.5) is 0 Å². The van der Waals surface area contributed by atoms with Gasteiger partial charge in [0, 0.05) is 6.54 Å². The summed E-state index contributed by atoms with van der Waals surface area (Å²) in [6, 6.07) is 0. The van der Waals surface area contributed by atoms with E-state index in [2.05, 4.69) is 33.9 Å². The van der Waals surface area contributed by atoms with Gasteiger partial charge in [-0.3, -0.25) is 0 Å². The molecule has 0 heterocycles. The lowest BCUT2D eigenvalue weighted by molar-refractivity contribution is 0.106. The lowest BCUT2D eigenvalue weighted by atomic mass is 10.2. The van der Waals surface area contributed by atoms with E-state index in [9.17, 15) is 5.11 Å². The molecule has 0 unspecified atom stereocenters. The lowest BCUT2D eigenvalue weighted by Crippen LogP contribution is -2.43. The minimum atomic E-state index is -1.70. The molecule has 0 rings (SSSR count). The topological polar surface area (TPSA) is 55.5 Å². The number of aliphatic hydroxyl groups is 1. The van der Waals surface area contributed by atoms with Crippen LogP contribution < -0.4 is 5.73 Å². The van der Waals surface area contributed by atoms with Crippen molar-refractivity contribution in [1.82, 2.24) is 0 Å². The van der Waals surface area contributed by atoms with Gasteiger partial charge in [-0.25, -0.2) is 0 Å². The zero-order valence-electron chi connectivity index (χ0n) is 9.42. The maximum Gasteiger partial charge on any atom is 0.192 e. The smallest absolute Gasteiger partial charge is 0.192 e. The Balaban J connectivity index is 4.04. The molecule has 0 fully saturated rings. The van der Waals surface area contributed by atoms with Crippen molar-refractivity contribution in [1.29, 1.82) is 0 Å². The molecule has 13 heavy (non-hydrogen) atoms. The number of hydrogen-bond acceptors (Lipinski definition) is 3. The van der Waals surface area contributed by atoms with E-state index in [4.69, 9.17) is 10.2 Å². The van der Waals surface area contributed by atoms with Gasteiger partial charge in [0.2, 0.25) is 0 Å². The van der Waals surface area contributed by atoms with Gasteiger partial charge in [0.1, 0.15) is 0 Å². The van der Waals surface area contributed by atoms with Gasteiger partial charge in [-0.05, 0) is 18.1 Å². The third kappa shape index (κ3) is 4.22. The molecule has 0 saturated heterocycles. The molecule has 0 amide bonds. The van der Waals surface area contributed by atoms with Crippen molar-refractivity contribution >= 4 is 8.32 Å². The fourth-order valence-corrected chi connectivity index (χ4v) is 1.63. The summed E-state index contributed by atoms with van der Waals surface area (Å²) in [6.07, 6.45) is -0.519. The zero-order chi connectivity index (χ0) is 10.7. The van der Waals surface area contributed by atoms with Gasteiger partial charge < -0.3 is 15.3 Å². The molecular weight excluding hydrogens is 182 g/mol. The van der Waals surface area contributed by atoms with E-state index >= 15 is 0 Å². The van der Waals surface area contributed by atoms with Crippen LogP contribution in [-0.4, -0.2) is 32.7 Å². The minimum absolute atomic E-state index is 0.196. The average molecular weight is 205 g/mol. The van der Waals surface area contributed by atoms with Crippen LogP contribution in [0.5, 0.6) is 0 Å². The first kappa shape index (κ1) is 13.1. The first-order chi connectivity index (χ1) is 5.70. The van der Waals surface area contributed by atoms with E-state index < -0.39 is 14.4 Å². The van der Waals surface area contributed by atoms with E-state index in [0.29, 0.717) is 6.61 Å². The molecule has 0 aliphatic heterocycles. The quantitative estimate of drug-likeness (QED) is 0.681. The Morgan fingerprint density at radius 3 is 2.15 bits per heavy atom. The maximum atomic E-state index is 9.26. The summed E-state index contributed by atoms with van der Waals surface area (Å²) in [5.41, 5.74) is 5.30.